The van der Waals surface area contributed by atoms with Crippen molar-refractivity contribution in [2.45, 2.75) is 57.8 Å². The van der Waals surface area contributed by atoms with Crippen LogP contribution in [0, 0.1) is 0 Å². The number of hydrogen-bond donors (Lipinski definition) is 0. The van der Waals surface area contributed by atoms with Gasteiger partial charge in [-0.05, 0) is 18.5 Å². The van der Waals surface area contributed by atoms with Crippen molar-refractivity contribution in [3.05, 3.63) is 23.4 Å². The van der Waals surface area contributed by atoms with E-state index in [-0.39, 0.29) is 0 Å². The van der Waals surface area contributed by atoms with Crippen LogP contribution < -0.4 is 0 Å². The standard InChI is InChI=1S/C14H30OSi3/c1-15-18(8,17(5,6)7)14-12-10-9-11-13(14)16(2,3)4/h9-10,12-13H,11H2,1-8H3. The highest BCUT2D eigenvalue weighted by Gasteiger charge is 2.50. The summed E-state index contributed by atoms with van der Waals surface area (Å²) < 4.78 is 6.19. The lowest BCUT2D eigenvalue weighted by molar-refractivity contribution is 0.419. The van der Waals surface area contributed by atoms with Crippen LogP contribution in [0.3, 0.4) is 0 Å². The van der Waals surface area contributed by atoms with Gasteiger partial charge < -0.3 is 4.43 Å². The SMILES string of the molecule is CO[Si](C)(C1=CC=CCC1[Si](C)(C)C)[Si](C)(C)C. The van der Waals surface area contributed by atoms with Gasteiger partial charge in [-0.25, -0.2) is 0 Å². The Labute approximate surface area is 116 Å². The number of hydrogen-bond acceptors (Lipinski definition) is 1. The first-order valence-electron chi connectivity index (χ1n) is 6.96. The topological polar surface area (TPSA) is 9.23 Å². The Hall–Kier alpha value is 0.0906. The molecule has 0 aromatic carbocycles. The summed E-state index contributed by atoms with van der Waals surface area (Å²) in [5.41, 5.74) is 0.783. The summed E-state index contributed by atoms with van der Waals surface area (Å²) in [7, 11) is -2.21. The van der Waals surface area contributed by atoms with Crippen LogP contribution in [0.4, 0.5) is 0 Å². The molecule has 0 fully saturated rings. The monoisotopic (exact) mass is 298 g/mol. The smallest absolute Gasteiger partial charge is 0.202 e. The van der Waals surface area contributed by atoms with Crippen LogP contribution in [0.15, 0.2) is 23.4 Å². The van der Waals surface area contributed by atoms with Crippen LogP contribution in [0.1, 0.15) is 6.42 Å². The fourth-order valence-electron chi connectivity index (χ4n) is 2.80. The van der Waals surface area contributed by atoms with Crippen LogP contribution in [0.25, 0.3) is 0 Å². The Morgan fingerprint density at radius 2 is 1.61 bits per heavy atom. The molecule has 2 unspecified atom stereocenters. The fraction of sp³-hybridized carbons (Fsp3) is 0.714. The lowest BCUT2D eigenvalue weighted by Gasteiger charge is -2.45. The van der Waals surface area contributed by atoms with Gasteiger partial charge in [-0.1, -0.05) is 62.7 Å². The zero-order valence-electron chi connectivity index (χ0n) is 13.4. The van der Waals surface area contributed by atoms with Crippen LogP contribution in [0.5, 0.6) is 0 Å². The fourth-order valence-corrected chi connectivity index (χ4v) is 15.3. The second-order valence-electron chi connectivity index (χ2n) is 7.69. The molecule has 0 saturated heterocycles. The van der Waals surface area contributed by atoms with E-state index in [1.165, 1.54) is 6.42 Å². The zero-order chi connectivity index (χ0) is 14.2. The van der Waals surface area contributed by atoms with Crippen molar-refractivity contribution >= 4 is 23.5 Å². The minimum absolute atomic E-state index is 0.783. The minimum Gasteiger partial charge on any atom is -0.419 e. The molecule has 0 saturated carbocycles. The average Bonchev–Trinajstić information content (AvgIpc) is 2.25. The Balaban J connectivity index is 3.26. The van der Waals surface area contributed by atoms with Crippen LogP contribution >= 0.6 is 0 Å². The predicted octanol–water partition coefficient (Wildman–Crippen LogP) is 4.76. The third-order valence-electron chi connectivity index (χ3n) is 4.59. The summed E-state index contributed by atoms with van der Waals surface area (Å²) >= 11 is 0. The van der Waals surface area contributed by atoms with Crippen LogP contribution in [0.2, 0.25) is 51.4 Å². The van der Waals surface area contributed by atoms with Crippen LogP contribution in [-0.4, -0.2) is 30.6 Å². The van der Waals surface area contributed by atoms with E-state index in [0.29, 0.717) is 0 Å². The van der Waals surface area contributed by atoms with Gasteiger partial charge in [0.2, 0.25) is 7.83 Å². The zero-order valence-corrected chi connectivity index (χ0v) is 16.4. The maximum atomic E-state index is 6.19. The minimum atomic E-state index is -1.71. The van der Waals surface area contributed by atoms with Crippen molar-refractivity contribution in [1.29, 1.82) is 0 Å². The molecule has 0 bridgehead atoms. The summed E-state index contributed by atoms with van der Waals surface area (Å²) in [5.74, 6) is 0. The molecular weight excluding hydrogens is 268 g/mol. The molecule has 4 heteroatoms. The highest BCUT2D eigenvalue weighted by Crippen LogP contribution is 2.43. The first-order valence-corrected chi connectivity index (χ1v) is 17.4. The van der Waals surface area contributed by atoms with Gasteiger partial charge in [-0.2, -0.15) is 0 Å². The van der Waals surface area contributed by atoms with E-state index in [4.69, 9.17) is 4.43 Å². The lowest BCUT2D eigenvalue weighted by Crippen LogP contribution is -2.60. The molecule has 0 spiro atoms. The van der Waals surface area contributed by atoms with E-state index < -0.39 is 23.5 Å². The second kappa shape index (κ2) is 5.23. The Morgan fingerprint density at radius 1 is 1.06 bits per heavy atom. The predicted molar refractivity (Wildman–Crippen MR) is 90.9 cm³/mol. The van der Waals surface area contributed by atoms with Crippen molar-refractivity contribution in [3.8, 4) is 0 Å². The molecule has 0 N–H and O–H groups in total. The van der Waals surface area contributed by atoms with Crippen LogP contribution in [-0.2, 0) is 4.43 Å². The van der Waals surface area contributed by atoms with Gasteiger partial charge in [0.1, 0.15) is 0 Å². The van der Waals surface area contributed by atoms with Crippen molar-refractivity contribution in [1.82, 2.24) is 0 Å². The molecule has 1 aliphatic carbocycles. The summed E-state index contributed by atoms with van der Waals surface area (Å²) in [6.45, 7) is 17.4. The molecule has 0 radical (unpaired) electrons. The molecule has 0 amide bonds. The molecule has 2 atom stereocenters. The third-order valence-corrected chi connectivity index (χ3v) is 22.9. The summed E-state index contributed by atoms with van der Waals surface area (Å²) in [4.78, 5) is 0. The van der Waals surface area contributed by atoms with E-state index in [0.717, 1.165) is 5.54 Å². The second-order valence-corrected chi connectivity index (χ2v) is 28.0. The number of rotatable bonds is 4. The normalized spacial score (nSPS) is 24.7. The maximum Gasteiger partial charge on any atom is 0.202 e. The summed E-state index contributed by atoms with van der Waals surface area (Å²) in [6.07, 6.45) is 8.25. The van der Waals surface area contributed by atoms with Gasteiger partial charge in [0, 0.05) is 7.11 Å². The Bertz CT molecular complexity index is 360. The largest absolute Gasteiger partial charge is 0.419 e. The van der Waals surface area contributed by atoms with E-state index in [9.17, 15) is 0 Å². The summed E-state index contributed by atoms with van der Waals surface area (Å²) in [6, 6.07) is 0. The van der Waals surface area contributed by atoms with E-state index >= 15 is 0 Å². The Morgan fingerprint density at radius 3 is 2.00 bits per heavy atom. The highest BCUT2D eigenvalue weighted by atomic mass is 29.3. The quantitative estimate of drug-likeness (QED) is 0.680. The van der Waals surface area contributed by atoms with E-state index in [1.54, 1.807) is 5.20 Å². The van der Waals surface area contributed by atoms with Gasteiger partial charge in [0.15, 0.2) is 0 Å². The van der Waals surface area contributed by atoms with Gasteiger partial charge in [-0.15, -0.1) is 0 Å². The average molecular weight is 299 g/mol. The van der Waals surface area contributed by atoms with Gasteiger partial charge in [0.05, 0.1) is 15.7 Å². The van der Waals surface area contributed by atoms with Crippen molar-refractivity contribution in [2.75, 3.05) is 7.11 Å². The van der Waals surface area contributed by atoms with Crippen molar-refractivity contribution < 1.29 is 4.43 Å². The molecule has 1 aliphatic rings. The molecular formula is C14H30OSi3. The van der Waals surface area contributed by atoms with E-state index in [2.05, 4.69) is 64.1 Å². The first kappa shape index (κ1) is 16.1. The lowest BCUT2D eigenvalue weighted by atomic mass is 10.2. The van der Waals surface area contributed by atoms with Gasteiger partial charge in [0.25, 0.3) is 0 Å². The molecule has 0 aromatic heterocycles. The molecule has 1 rings (SSSR count). The molecule has 0 aromatic rings. The van der Waals surface area contributed by atoms with Crippen molar-refractivity contribution in [3.63, 3.8) is 0 Å². The van der Waals surface area contributed by atoms with Gasteiger partial charge in [-0.3, -0.25) is 0 Å². The molecule has 1 nitrogen and oxygen atoms in total. The maximum absolute atomic E-state index is 6.19. The van der Waals surface area contributed by atoms with Gasteiger partial charge >= 0.3 is 0 Å². The highest BCUT2D eigenvalue weighted by molar-refractivity contribution is 7.41. The van der Waals surface area contributed by atoms with Crippen molar-refractivity contribution in [2.24, 2.45) is 0 Å². The number of allylic oxidation sites excluding steroid dienone is 4. The first-order chi connectivity index (χ1) is 8.04. The molecule has 0 aliphatic heterocycles. The Kier molecular flexibility index (Phi) is 4.69. The molecule has 18 heavy (non-hydrogen) atoms. The molecule has 104 valence electrons. The molecule has 0 heterocycles. The summed E-state index contributed by atoms with van der Waals surface area (Å²) in [5, 5.41) is 1.70. The third kappa shape index (κ3) is 2.98. The van der Waals surface area contributed by atoms with E-state index in [1.807, 2.05) is 7.11 Å².